The second-order valence-corrected chi connectivity index (χ2v) is 10.5. The third-order valence-corrected chi connectivity index (χ3v) is 7.87. The standard InChI is InChI=1S/C31H29N3O8S/c1-5-7-23-27(30(36)41-6-2)28(22-16-20(39-3)12-15-25(22)40-4)33-29(35)26(43-31(33)32-23)17-21-13-14-24(42-21)18-8-10-19(11-9-18)34(37)38/h8-17,28H,5-7H2,1-4H3/b26-17-/t28-/m1/s1. The number of esters is 1. The van der Waals surface area contributed by atoms with Gasteiger partial charge in [0.15, 0.2) is 4.80 Å². The van der Waals surface area contributed by atoms with Crippen LogP contribution in [0.15, 0.2) is 80.1 Å². The molecule has 0 saturated carbocycles. The van der Waals surface area contributed by atoms with Crippen LogP contribution in [-0.2, 0) is 9.53 Å². The van der Waals surface area contributed by atoms with Crippen molar-refractivity contribution in [3.8, 4) is 22.8 Å². The molecule has 1 aliphatic rings. The number of non-ortho nitro benzene ring substituents is 1. The van der Waals surface area contributed by atoms with Crippen molar-refractivity contribution in [1.82, 2.24) is 4.57 Å². The van der Waals surface area contributed by atoms with E-state index < -0.39 is 16.9 Å². The molecule has 1 aliphatic heterocycles. The Labute approximate surface area is 250 Å². The maximum atomic E-state index is 14.1. The molecule has 0 N–H and O–H groups in total. The van der Waals surface area contributed by atoms with Crippen LogP contribution in [0.1, 0.15) is 44.1 Å². The molecule has 0 fully saturated rings. The Kier molecular flexibility index (Phi) is 8.58. The first-order chi connectivity index (χ1) is 20.8. The van der Waals surface area contributed by atoms with Crippen molar-refractivity contribution in [2.24, 2.45) is 4.99 Å². The monoisotopic (exact) mass is 603 g/mol. The SMILES string of the molecule is CCCC1=C(C(=O)OCC)[C@@H](c2cc(OC)ccc2OC)n2c(s/c(=C\c3ccc(-c4ccc([N+](=O)[O-])cc4)o3)c2=O)=N1. The highest BCUT2D eigenvalue weighted by Gasteiger charge is 2.36. The first-order valence-corrected chi connectivity index (χ1v) is 14.4. The Balaban J connectivity index is 1.68. The van der Waals surface area contributed by atoms with Gasteiger partial charge in [-0.05, 0) is 55.8 Å². The lowest BCUT2D eigenvalue weighted by Gasteiger charge is -2.27. The van der Waals surface area contributed by atoms with E-state index in [1.165, 1.54) is 42.3 Å². The molecule has 0 aliphatic carbocycles. The van der Waals surface area contributed by atoms with Crippen molar-refractivity contribution in [3.05, 3.63) is 107 Å². The van der Waals surface area contributed by atoms with E-state index in [0.29, 0.717) is 55.6 Å². The number of carbonyl (C=O) groups excluding carboxylic acids is 1. The maximum absolute atomic E-state index is 14.1. The highest BCUT2D eigenvalue weighted by molar-refractivity contribution is 7.07. The van der Waals surface area contributed by atoms with Gasteiger partial charge in [-0.15, -0.1) is 0 Å². The molecule has 0 bridgehead atoms. The van der Waals surface area contributed by atoms with Gasteiger partial charge in [-0.25, -0.2) is 9.79 Å². The molecule has 4 aromatic rings. The van der Waals surface area contributed by atoms with Crippen LogP contribution in [0.5, 0.6) is 11.5 Å². The number of carbonyl (C=O) groups is 1. The van der Waals surface area contributed by atoms with Crippen LogP contribution in [0.25, 0.3) is 17.4 Å². The van der Waals surface area contributed by atoms with Crippen LogP contribution in [0.3, 0.4) is 0 Å². The van der Waals surface area contributed by atoms with E-state index in [2.05, 4.69) is 0 Å². The van der Waals surface area contributed by atoms with Crippen molar-refractivity contribution >= 4 is 29.1 Å². The summed E-state index contributed by atoms with van der Waals surface area (Å²) in [7, 11) is 3.06. The third kappa shape index (κ3) is 5.73. The number of hydrogen-bond donors (Lipinski definition) is 0. The van der Waals surface area contributed by atoms with Gasteiger partial charge in [0.25, 0.3) is 11.2 Å². The Morgan fingerprint density at radius 2 is 1.88 bits per heavy atom. The van der Waals surface area contributed by atoms with Gasteiger partial charge in [0.2, 0.25) is 0 Å². The number of nitrogens with zero attached hydrogens (tertiary/aromatic N) is 3. The van der Waals surface area contributed by atoms with E-state index in [4.69, 9.17) is 23.6 Å². The summed E-state index contributed by atoms with van der Waals surface area (Å²) >= 11 is 1.18. The van der Waals surface area contributed by atoms with Gasteiger partial charge in [0.05, 0.1) is 41.6 Å². The summed E-state index contributed by atoms with van der Waals surface area (Å²) < 4.78 is 24.4. The second kappa shape index (κ2) is 12.5. The summed E-state index contributed by atoms with van der Waals surface area (Å²) in [5.74, 6) is 1.34. The summed E-state index contributed by atoms with van der Waals surface area (Å²) in [4.78, 5) is 43.2. The number of aromatic nitrogens is 1. The number of rotatable bonds is 10. The first-order valence-electron chi connectivity index (χ1n) is 13.6. The molecule has 3 heterocycles. The molecule has 0 spiro atoms. The van der Waals surface area contributed by atoms with Crippen LogP contribution < -0.4 is 24.4 Å². The molecule has 2 aromatic heterocycles. The number of allylic oxidation sites excluding steroid dienone is 1. The zero-order valence-corrected chi connectivity index (χ0v) is 24.8. The minimum atomic E-state index is -0.878. The topological polar surface area (TPSA) is 135 Å². The first kappa shape index (κ1) is 29.5. The molecule has 2 aromatic carbocycles. The second-order valence-electron chi connectivity index (χ2n) is 9.53. The van der Waals surface area contributed by atoms with Crippen LogP contribution in [-0.4, -0.2) is 36.3 Å². The molecule has 0 amide bonds. The van der Waals surface area contributed by atoms with Gasteiger partial charge in [-0.3, -0.25) is 19.5 Å². The molecule has 1 atom stereocenters. The van der Waals surface area contributed by atoms with Crippen LogP contribution in [0, 0.1) is 10.1 Å². The molecule has 0 radical (unpaired) electrons. The number of fused-ring (bicyclic) bond motifs is 1. The highest BCUT2D eigenvalue weighted by Crippen LogP contribution is 2.38. The number of benzene rings is 2. The maximum Gasteiger partial charge on any atom is 0.338 e. The summed E-state index contributed by atoms with van der Waals surface area (Å²) in [5.41, 5.74) is 1.63. The molecule has 222 valence electrons. The van der Waals surface area contributed by atoms with Crippen molar-refractivity contribution in [2.45, 2.75) is 32.7 Å². The molecule has 0 unspecified atom stereocenters. The lowest BCUT2D eigenvalue weighted by atomic mass is 9.93. The molecular weight excluding hydrogens is 574 g/mol. The Morgan fingerprint density at radius 1 is 1.12 bits per heavy atom. The largest absolute Gasteiger partial charge is 0.497 e. The zero-order valence-electron chi connectivity index (χ0n) is 24.0. The minimum absolute atomic E-state index is 0.0245. The van der Waals surface area contributed by atoms with Gasteiger partial charge < -0.3 is 18.6 Å². The quantitative estimate of drug-likeness (QED) is 0.144. The smallest absolute Gasteiger partial charge is 0.338 e. The van der Waals surface area contributed by atoms with E-state index in [1.807, 2.05) is 6.92 Å². The number of nitro benzene ring substituents is 1. The van der Waals surface area contributed by atoms with E-state index in [0.717, 1.165) is 6.42 Å². The predicted octanol–water partition coefficient (Wildman–Crippen LogP) is 4.76. The number of methoxy groups -OCH3 is 2. The number of hydrogen-bond acceptors (Lipinski definition) is 10. The molecule has 11 nitrogen and oxygen atoms in total. The number of furan rings is 1. The van der Waals surface area contributed by atoms with E-state index in [9.17, 15) is 19.7 Å². The fourth-order valence-corrected chi connectivity index (χ4v) is 5.93. The van der Waals surface area contributed by atoms with Crippen molar-refractivity contribution in [2.75, 3.05) is 20.8 Å². The fraction of sp³-hybridized carbons (Fsp3) is 0.258. The Bertz CT molecular complexity index is 1900. The van der Waals surface area contributed by atoms with Gasteiger partial charge in [-0.1, -0.05) is 24.7 Å². The molecular formula is C31H29N3O8S. The van der Waals surface area contributed by atoms with Crippen molar-refractivity contribution in [3.63, 3.8) is 0 Å². The average Bonchev–Trinajstić information content (AvgIpc) is 3.60. The van der Waals surface area contributed by atoms with Crippen LogP contribution in [0.4, 0.5) is 5.69 Å². The highest BCUT2D eigenvalue weighted by atomic mass is 32.1. The Hall–Kier alpha value is -4.97. The van der Waals surface area contributed by atoms with Crippen LogP contribution >= 0.6 is 11.3 Å². The molecule has 12 heteroatoms. The third-order valence-electron chi connectivity index (χ3n) is 6.89. The molecule has 0 saturated heterocycles. The fourth-order valence-electron chi connectivity index (χ4n) is 4.93. The number of ether oxygens (including phenoxy) is 3. The summed E-state index contributed by atoms with van der Waals surface area (Å²) in [6, 6.07) is 13.8. The normalized spacial score (nSPS) is 14.7. The number of thiazole rings is 1. The summed E-state index contributed by atoms with van der Waals surface area (Å²) in [6.07, 6.45) is 2.83. The lowest BCUT2D eigenvalue weighted by Crippen LogP contribution is -2.40. The van der Waals surface area contributed by atoms with E-state index >= 15 is 0 Å². The molecule has 5 rings (SSSR count). The molecule has 43 heavy (non-hydrogen) atoms. The van der Waals surface area contributed by atoms with Gasteiger partial charge in [-0.2, -0.15) is 0 Å². The average molecular weight is 604 g/mol. The summed E-state index contributed by atoms with van der Waals surface area (Å²) in [6.45, 7) is 3.87. The van der Waals surface area contributed by atoms with Gasteiger partial charge in [0, 0.05) is 29.3 Å². The Morgan fingerprint density at radius 3 is 2.53 bits per heavy atom. The lowest BCUT2D eigenvalue weighted by molar-refractivity contribution is -0.384. The predicted molar refractivity (Wildman–Crippen MR) is 160 cm³/mol. The van der Waals surface area contributed by atoms with Crippen LogP contribution in [0.2, 0.25) is 0 Å². The van der Waals surface area contributed by atoms with E-state index in [1.54, 1.807) is 55.5 Å². The van der Waals surface area contributed by atoms with Crippen molar-refractivity contribution in [1.29, 1.82) is 0 Å². The zero-order chi connectivity index (χ0) is 30.7. The number of nitro groups is 1. The van der Waals surface area contributed by atoms with E-state index in [-0.39, 0.29) is 23.4 Å². The minimum Gasteiger partial charge on any atom is -0.497 e. The van der Waals surface area contributed by atoms with Gasteiger partial charge >= 0.3 is 5.97 Å². The van der Waals surface area contributed by atoms with Gasteiger partial charge in [0.1, 0.15) is 29.1 Å². The summed E-state index contributed by atoms with van der Waals surface area (Å²) in [5, 5.41) is 11.0. The van der Waals surface area contributed by atoms with Crippen molar-refractivity contribution < 1.29 is 28.3 Å².